The summed E-state index contributed by atoms with van der Waals surface area (Å²) in [5.74, 6) is 0.486. The first-order valence-corrected chi connectivity index (χ1v) is 25.7. The lowest BCUT2D eigenvalue weighted by Crippen LogP contribution is -2.25. The van der Waals surface area contributed by atoms with Crippen LogP contribution in [0, 0.1) is 11.6 Å². The molecule has 0 radical (unpaired) electrons. The quantitative estimate of drug-likeness (QED) is 0.129. The normalized spacial score (nSPS) is 13.1. The van der Waals surface area contributed by atoms with Crippen LogP contribution in [0.4, 0.5) is 31.5 Å². The van der Waals surface area contributed by atoms with Crippen LogP contribution in [0.25, 0.3) is 61.0 Å². The van der Waals surface area contributed by atoms with Gasteiger partial charge in [-0.15, -0.1) is 0 Å². The molecule has 0 unspecified atom stereocenters. The summed E-state index contributed by atoms with van der Waals surface area (Å²) in [6, 6.07) is 58.4. The molecule has 1 aliphatic heterocycles. The Hall–Kier alpha value is -8.03. The molecule has 0 saturated carbocycles. The predicted octanol–water partition coefficient (Wildman–Crippen LogP) is 19.2. The first-order chi connectivity index (χ1) is 35.9. The zero-order valence-electron chi connectivity index (χ0n) is 44.6. The summed E-state index contributed by atoms with van der Waals surface area (Å²) in [5.41, 5.74) is 15.1. The lowest BCUT2D eigenvalue weighted by atomic mass is 9.88. The summed E-state index contributed by atoms with van der Waals surface area (Å²) in [7, 11) is 0. The third kappa shape index (κ3) is 8.99. The number of rotatable bonds is 11. The summed E-state index contributed by atoms with van der Waals surface area (Å²) in [5, 5.41) is 2.21. The van der Waals surface area contributed by atoms with Crippen molar-refractivity contribution in [2.75, 3.05) is 16.5 Å². The molecule has 0 amide bonds. The SMILES string of the molecule is [2H]C(C)(C)c1ccccc1-c1cc(Oc2ccc3c4ccccc4n(-c4cc(C(C)(C)C)ccn4)c3c2)cc(N2CN(c3c(-c4cc(F)cc(F)c4)cccc3-c3cc(C(C)C)cc(C(C)C)c3)c3ccccc32)c1. The topological polar surface area (TPSA) is 33.5 Å². The average molecular weight is 978 g/mol. The Morgan fingerprint density at radius 2 is 1.15 bits per heavy atom. The van der Waals surface area contributed by atoms with Gasteiger partial charge in [0.2, 0.25) is 0 Å². The highest BCUT2D eigenvalue weighted by Gasteiger charge is 2.32. The van der Waals surface area contributed by atoms with E-state index in [-0.39, 0.29) is 17.3 Å². The van der Waals surface area contributed by atoms with Gasteiger partial charge in [-0.1, -0.05) is 153 Å². The van der Waals surface area contributed by atoms with E-state index in [4.69, 9.17) is 9.72 Å². The minimum Gasteiger partial charge on any atom is -0.457 e. The monoisotopic (exact) mass is 977 g/mol. The van der Waals surface area contributed by atoms with Gasteiger partial charge in [0.1, 0.15) is 35.6 Å². The lowest BCUT2D eigenvalue weighted by Gasteiger charge is -2.28. The van der Waals surface area contributed by atoms with E-state index in [1.165, 1.54) is 28.8 Å². The zero-order valence-corrected chi connectivity index (χ0v) is 43.6. The smallest absolute Gasteiger partial charge is 0.137 e. The third-order valence-electron chi connectivity index (χ3n) is 14.5. The molecule has 11 rings (SSSR count). The van der Waals surface area contributed by atoms with Crippen LogP contribution in [0.2, 0.25) is 0 Å². The van der Waals surface area contributed by atoms with E-state index < -0.39 is 17.5 Å². The van der Waals surface area contributed by atoms with E-state index >= 15 is 8.78 Å². The maximum atomic E-state index is 15.3. The van der Waals surface area contributed by atoms with Crippen LogP contribution < -0.4 is 14.5 Å². The number of pyridine rings is 1. The van der Waals surface area contributed by atoms with Gasteiger partial charge in [-0.3, -0.25) is 4.57 Å². The fraction of sp³-hybridized carbons (Fsp3) is 0.209. The van der Waals surface area contributed by atoms with Crippen LogP contribution in [0.1, 0.15) is 104 Å². The first kappa shape index (κ1) is 47.0. The lowest BCUT2D eigenvalue weighted by molar-refractivity contribution is 0.483. The second-order valence-corrected chi connectivity index (χ2v) is 21.6. The second-order valence-electron chi connectivity index (χ2n) is 21.6. The van der Waals surface area contributed by atoms with E-state index in [2.05, 4.69) is 172 Å². The molecule has 0 fully saturated rings. The standard InChI is InChI=1S/C67H62F2N4O/c1-41(2)44-29-45(42(3)4)31-46(30-44)57-20-16-21-58(47-32-50(68)37-51(69)33-47)66(57)72-40-71(62-23-14-15-24-63(62)72)52-34-48(56-18-11-10-17-55(56)43(5)6)35-54(38-52)74-53-25-26-60-59-19-12-13-22-61(59)73(64(60)39-53)65-36-49(27-28-70-65)67(7,8)9/h10-39,41-43H,40H2,1-9H3/i43D. The molecule has 0 spiro atoms. The van der Waals surface area contributed by atoms with Gasteiger partial charge in [-0.25, -0.2) is 13.8 Å². The summed E-state index contributed by atoms with van der Waals surface area (Å²) < 4.78 is 49.2. The van der Waals surface area contributed by atoms with Crippen molar-refractivity contribution in [3.63, 3.8) is 0 Å². The van der Waals surface area contributed by atoms with Crippen molar-refractivity contribution in [3.05, 3.63) is 216 Å². The molecule has 370 valence electrons. The molecule has 0 aliphatic carbocycles. The number of aromatic nitrogens is 2. The number of halogens is 2. The number of benzene rings is 8. The van der Waals surface area contributed by atoms with Crippen LogP contribution in [-0.2, 0) is 5.41 Å². The molecule has 7 heteroatoms. The highest BCUT2D eigenvalue weighted by atomic mass is 19.1. The van der Waals surface area contributed by atoms with Gasteiger partial charge in [0.25, 0.3) is 0 Å². The molecule has 3 heterocycles. The number of ether oxygens (including phenoxy) is 1. The minimum absolute atomic E-state index is 0.0720. The Morgan fingerprint density at radius 3 is 1.84 bits per heavy atom. The summed E-state index contributed by atoms with van der Waals surface area (Å²) in [6.07, 6.45) is 1.89. The average Bonchev–Trinajstić information content (AvgIpc) is 3.96. The fourth-order valence-corrected chi connectivity index (χ4v) is 10.7. The van der Waals surface area contributed by atoms with Crippen LogP contribution in [0.15, 0.2) is 182 Å². The largest absolute Gasteiger partial charge is 0.457 e. The van der Waals surface area contributed by atoms with Crippen molar-refractivity contribution in [1.82, 2.24) is 9.55 Å². The van der Waals surface area contributed by atoms with E-state index in [1.54, 1.807) is 0 Å². The minimum atomic E-state index is -0.903. The van der Waals surface area contributed by atoms with Crippen LogP contribution in [0.5, 0.6) is 11.5 Å². The molecule has 0 bridgehead atoms. The van der Waals surface area contributed by atoms with E-state index in [9.17, 15) is 1.37 Å². The molecule has 5 nitrogen and oxygen atoms in total. The Morgan fingerprint density at radius 1 is 0.541 bits per heavy atom. The van der Waals surface area contributed by atoms with Crippen molar-refractivity contribution in [2.45, 2.75) is 85.5 Å². The molecule has 74 heavy (non-hydrogen) atoms. The first-order valence-electron chi connectivity index (χ1n) is 26.2. The molecule has 0 atom stereocenters. The number of para-hydroxylation sites is 4. The number of anilines is 4. The van der Waals surface area contributed by atoms with Gasteiger partial charge in [-0.2, -0.15) is 0 Å². The molecule has 0 N–H and O–H groups in total. The molecule has 1 aliphatic rings. The van der Waals surface area contributed by atoms with Crippen molar-refractivity contribution in [1.29, 1.82) is 0 Å². The van der Waals surface area contributed by atoms with E-state index in [0.29, 0.717) is 29.3 Å². The van der Waals surface area contributed by atoms with Gasteiger partial charge in [-0.05, 0) is 134 Å². The summed E-state index contributed by atoms with van der Waals surface area (Å²) >= 11 is 0. The summed E-state index contributed by atoms with van der Waals surface area (Å²) in [4.78, 5) is 9.49. The zero-order chi connectivity index (χ0) is 52.5. The third-order valence-corrected chi connectivity index (χ3v) is 14.5. The van der Waals surface area contributed by atoms with Crippen LogP contribution >= 0.6 is 0 Å². The maximum Gasteiger partial charge on any atom is 0.137 e. The highest BCUT2D eigenvalue weighted by molar-refractivity contribution is 6.09. The van der Waals surface area contributed by atoms with Gasteiger partial charge in [0.05, 0.1) is 28.1 Å². The molecular weight excluding hydrogens is 915 g/mol. The maximum absolute atomic E-state index is 15.3. The number of hydrogen-bond acceptors (Lipinski definition) is 4. The fourth-order valence-electron chi connectivity index (χ4n) is 10.7. The Balaban J connectivity index is 1.09. The van der Waals surface area contributed by atoms with E-state index in [0.717, 1.165) is 84.3 Å². The van der Waals surface area contributed by atoms with Gasteiger partial charge >= 0.3 is 0 Å². The van der Waals surface area contributed by atoms with Crippen molar-refractivity contribution >= 4 is 44.6 Å². The predicted molar refractivity (Wildman–Crippen MR) is 304 cm³/mol. The van der Waals surface area contributed by atoms with E-state index in [1.807, 2.05) is 68.6 Å². The van der Waals surface area contributed by atoms with Gasteiger partial charge < -0.3 is 14.5 Å². The second kappa shape index (κ2) is 19.1. The van der Waals surface area contributed by atoms with Crippen molar-refractivity contribution < 1.29 is 14.9 Å². The molecule has 0 saturated heterocycles. The number of nitrogens with zero attached hydrogens (tertiary/aromatic N) is 4. The number of fused-ring (bicyclic) bond motifs is 4. The number of hydrogen-bond donors (Lipinski definition) is 0. The van der Waals surface area contributed by atoms with Crippen LogP contribution in [0.3, 0.4) is 0 Å². The highest BCUT2D eigenvalue weighted by Crippen LogP contribution is 2.52. The molecular formula is C67H62F2N4O. The Bertz CT molecular complexity index is 3780. The molecule has 10 aromatic rings. The summed E-state index contributed by atoms with van der Waals surface area (Å²) in [6.45, 7) is 19.7. The van der Waals surface area contributed by atoms with Crippen LogP contribution in [-0.4, -0.2) is 16.2 Å². The molecule has 2 aromatic heterocycles. The van der Waals surface area contributed by atoms with Crippen molar-refractivity contribution in [3.8, 4) is 50.7 Å². The van der Waals surface area contributed by atoms with Crippen molar-refractivity contribution in [2.24, 2.45) is 0 Å². The Labute approximate surface area is 435 Å². The Kier molecular flexibility index (Phi) is 12.1. The molecule has 8 aromatic carbocycles. The van der Waals surface area contributed by atoms with Gasteiger partial charge in [0, 0.05) is 53.4 Å². The van der Waals surface area contributed by atoms with Gasteiger partial charge in [0.15, 0.2) is 0 Å².